The highest BCUT2D eigenvalue weighted by Gasteiger charge is 2.14. The number of hydrogen-bond donors (Lipinski definition) is 2. The van der Waals surface area contributed by atoms with Gasteiger partial charge in [-0.3, -0.25) is 10.9 Å². The van der Waals surface area contributed by atoms with Gasteiger partial charge in [0.25, 0.3) is 0 Å². The molecule has 0 saturated heterocycles. The Labute approximate surface area is 82.5 Å². The van der Waals surface area contributed by atoms with Gasteiger partial charge < -0.3 is 0 Å². The molecular formula is C11H24N2. The molecule has 0 aromatic carbocycles. The third-order valence-corrected chi connectivity index (χ3v) is 2.51. The molecule has 2 N–H and O–H groups in total. The summed E-state index contributed by atoms with van der Waals surface area (Å²) in [4.78, 5) is 0. The lowest BCUT2D eigenvalue weighted by Crippen LogP contribution is -2.50. The molecule has 0 radical (unpaired) electrons. The predicted octanol–water partition coefficient (Wildman–Crippen LogP) is 2.60. The maximum absolute atomic E-state index is 3.45. The van der Waals surface area contributed by atoms with E-state index in [1.165, 1.54) is 38.5 Å². The highest BCUT2D eigenvalue weighted by Crippen LogP contribution is 2.16. The minimum Gasteiger partial charge on any atom is -0.254 e. The van der Waals surface area contributed by atoms with Crippen molar-refractivity contribution >= 4 is 0 Å². The molecular weight excluding hydrogens is 160 g/mol. The molecule has 1 saturated carbocycles. The molecule has 0 amide bonds. The first-order valence-corrected chi connectivity index (χ1v) is 5.61. The molecule has 0 unspecified atom stereocenters. The fourth-order valence-corrected chi connectivity index (χ4v) is 1.74. The third kappa shape index (κ3) is 5.27. The van der Waals surface area contributed by atoms with E-state index in [9.17, 15) is 0 Å². The van der Waals surface area contributed by atoms with Crippen LogP contribution in [0.15, 0.2) is 0 Å². The standard InChI is InChI=1S/C11H24N2/c1-11(2,3)13-12-10-8-6-4-5-7-9-10/h10,12-13H,4-9H2,1-3H3. The van der Waals surface area contributed by atoms with Gasteiger partial charge in [-0.15, -0.1) is 0 Å². The molecule has 0 aromatic heterocycles. The molecule has 2 nitrogen and oxygen atoms in total. The largest absolute Gasteiger partial charge is 0.254 e. The van der Waals surface area contributed by atoms with Gasteiger partial charge in [-0.25, -0.2) is 0 Å². The van der Waals surface area contributed by atoms with Gasteiger partial charge in [0.15, 0.2) is 0 Å². The maximum atomic E-state index is 3.45. The van der Waals surface area contributed by atoms with Crippen molar-refractivity contribution in [2.24, 2.45) is 0 Å². The summed E-state index contributed by atoms with van der Waals surface area (Å²) in [5.41, 5.74) is 7.01. The average molecular weight is 184 g/mol. The van der Waals surface area contributed by atoms with Crippen LogP contribution in [0, 0.1) is 0 Å². The Morgan fingerprint density at radius 3 is 1.92 bits per heavy atom. The number of hydrazine groups is 1. The fourth-order valence-electron chi connectivity index (χ4n) is 1.74. The Bertz CT molecular complexity index is 130. The Balaban J connectivity index is 2.19. The van der Waals surface area contributed by atoms with Crippen LogP contribution in [0.1, 0.15) is 59.3 Å². The van der Waals surface area contributed by atoms with Crippen molar-refractivity contribution in [3.63, 3.8) is 0 Å². The van der Waals surface area contributed by atoms with Crippen LogP contribution in [0.4, 0.5) is 0 Å². The number of nitrogens with one attached hydrogen (secondary N) is 2. The Morgan fingerprint density at radius 1 is 0.923 bits per heavy atom. The first kappa shape index (κ1) is 11.0. The van der Waals surface area contributed by atoms with E-state index in [-0.39, 0.29) is 5.54 Å². The second-order valence-electron chi connectivity index (χ2n) is 5.21. The van der Waals surface area contributed by atoms with Crippen LogP contribution in [-0.4, -0.2) is 11.6 Å². The molecule has 0 heterocycles. The Morgan fingerprint density at radius 2 is 1.46 bits per heavy atom. The normalized spacial score (nSPS) is 21.5. The SMILES string of the molecule is CC(C)(C)NNC1CCCCCC1. The maximum Gasteiger partial charge on any atom is 0.0239 e. The highest BCUT2D eigenvalue weighted by molar-refractivity contribution is 4.73. The van der Waals surface area contributed by atoms with Gasteiger partial charge in [0.05, 0.1) is 0 Å². The molecule has 1 rings (SSSR count). The summed E-state index contributed by atoms with van der Waals surface area (Å²) in [5, 5.41) is 0. The monoisotopic (exact) mass is 184 g/mol. The summed E-state index contributed by atoms with van der Waals surface area (Å²) in [6.07, 6.45) is 8.31. The minimum absolute atomic E-state index is 0.187. The zero-order valence-electron chi connectivity index (χ0n) is 9.32. The van der Waals surface area contributed by atoms with Crippen LogP contribution in [0.5, 0.6) is 0 Å². The first-order valence-electron chi connectivity index (χ1n) is 5.61. The number of hydrogen-bond acceptors (Lipinski definition) is 2. The van der Waals surface area contributed by atoms with E-state index in [1.807, 2.05) is 0 Å². The molecule has 2 heteroatoms. The van der Waals surface area contributed by atoms with Crippen molar-refractivity contribution in [1.82, 2.24) is 10.9 Å². The van der Waals surface area contributed by atoms with E-state index >= 15 is 0 Å². The summed E-state index contributed by atoms with van der Waals surface area (Å²) in [5.74, 6) is 0. The number of rotatable bonds is 2. The quantitative estimate of drug-likeness (QED) is 0.509. The Kier molecular flexibility index (Phi) is 4.20. The molecule has 0 bridgehead atoms. The molecule has 1 fully saturated rings. The van der Waals surface area contributed by atoms with Crippen LogP contribution in [0.25, 0.3) is 0 Å². The van der Waals surface area contributed by atoms with E-state index in [0.717, 1.165) is 0 Å². The van der Waals surface area contributed by atoms with Gasteiger partial charge in [0, 0.05) is 11.6 Å². The fraction of sp³-hybridized carbons (Fsp3) is 1.00. The lowest BCUT2D eigenvalue weighted by molar-refractivity contribution is 0.301. The molecule has 0 aliphatic heterocycles. The summed E-state index contributed by atoms with van der Waals surface area (Å²) >= 11 is 0. The second kappa shape index (κ2) is 4.97. The van der Waals surface area contributed by atoms with Gasteiger partial charge in [0.1, 0.15) is 0 Å². The lowest BCUT2D eigenvalue weighted by atomic mass is 10.1. The molecule has 1 aliphatic rings. The van der Waals surface area contributed by atoms with E-state index in [2.05, 4.69) is 31.6 Å². The lowest BCUT2D eigenvalue weighted by Gasteiger charge is -2.25. The van der Waals surface area contributed by atoms with Gasteiger partial charge >= 0.3 is 0 Å². The summed E-state index contributed by atoms with van der Waals surface area (Å²) < 4.78 is 0. The highest BCUT2D eigenvalue weighted by atomic mass is 15.4. The zero-order chi connectivity index (χ0) is 9.73. The van der Waals surface area contributed by atoms with Gasteiger partial charge in [-0.05, 0) is 33.6 Å². The summed E-state index contributed by atoms with van der Waals surface area (Å²) in [6.45, 7) is 6.57. The predicted molar refractivity (Wildman–Crippen MR) is 57.5 cm³/mol. The minimum atomic E-state index is 0.187. The molecule has 0 atom stereocenters. The van der Waals surface area contributed by atoms with Crippen LogP contribution in [-0.2, 0) is 0 Å². The molecule has 78 valence electrons. The van der Waals surface area contributed by atoms with Crippen LogP contribution < -0.4 is 10.9 Å². The molecule has 0 aromatic rings. The van der Waals surface area contributed by atoms with Gasteiger partial charge in [-0.1, -0.05) is 25.7 Å². The van der Waals surface area contributed by atoms with Crippen LogP contribution >= 0.6 is 0 Å². The van der Waals surface area contributed by atoms with Crippen molar-refractivity contribution in [3.05, 3.63) is 0 Å². The van der Waals surface area contributed by atoms with Crippen molar-refractivity contribution in [2.75, 3.05) is 0 Å². The van der Waals surface area contributed by atoms with E-state index < -0.39 is 0 Å². The summed E-state index contributed by atoms with van der Waals surface area (Å²) in [7, 11) is 0. The van der Waals surface area contributed by atoms with Crippen molar-refractivity contribution in [2.45, 2.75) is 70.9 Å². The van der Waals surface area contributed by atoms with Gasteiger partial charge in [0.2, 0.25) is 0 Å². The van der Waals surface area contributed by atoms with Crippen LogP contribution in [0.2, 0.25) is 0 Å². The van der Waals surface area contributed by atoms with Crippen LogP contribution in [0.3, 0.4) is 0 Å². The first-order chi connectivity index (χ1) is 6.08. The third-order valence-electron chi connectivity index (χ3n) is 2.51. The van der Waals surface area contributed by atoms with Crippen molar-refractivity contribution in [1.29, 1.82) is 0 Å². The summed E-state index contributed by atoms with van der Waals surface area (Å²) in [6, 6.07) is 0.696. The van der Waals surface area contributed by atoms with E-state index in [4.69, 9.17) is 0 Å². The molecule has 0 spiro atoms. The smallest absolute Gasteiger partial charge is 0.0239 e. The molecule has 13 heavy (non-hydrogen) atoms. The second-order valence-corrected chi connectivity index (χ2v) is 5.21. The molecule has 1 aliphatic carbocycles. The van der Waals surface area contributed by atoms with Crippen molar-refractivity contribution < 1.29 is 0 Å². The van der Waals surface area contributed by atoms with Gasteiger partial charge in [-0.2, -0.15) is 0 Å². The topological polar surface area (TPSA) is 24.1 Å². The van der Waals surface area contributed by atoms with E-state index in [0.29, 0.717) is 6.04 Å². The average Bonchev–Trinajstić information content (AvgIpc) is 2.26. The zero-order valence-corrected chi connectivity index (χ0v) is 9.32. The van der Waals surface area contributed by atoms with Crippen molar-refractivity contribution in [3.8, 4) is 0 Å². The van der Waals surface area contributed by atoms with E-state index in [1.54, 1.807) is 0 Å². The Hall–Kier alpha value is -0.0800.